The van der Waals surface area contributed by atoms with Crippen molar-refractivity contribution in [1.29, 1.82) is 0 Å². The summed E-state index contributed by atoms with van der Waals surface area (Å²) in [5, 5.41) is 2.32. The summed E-state index contributed by atoms with van der Waals surface area (Å²) in [7, 11) is 0. The first kappa shape index (κ1) is 7.73. The van der Waals surface area contributed by atoms with Crippen LogP contribution in [0.25, 0.3) is 0 Å². The SMILES string of the molecule is O=C1C[C@H](N2CCCC2)C(=O)N1. The molecule has 2 fully saturated rings. The highest BCUT2D eigenvalue weighted by molar-refractivity contribution is 6.05. The lowest BCUT2D eigenvalue weighted by Crippen LogP contribution is -2.38. The molecule has 0 aromatic rings. The molecule has 2 rings (SSSR count). The number of imide groups is 1. The van der Waals surface area contributed by atoms with Gasteiger partial charge in [0.15, 0.2) is 0 Å². The molecule has 0 aromatic carbocycles. The molecule has 0 radical (unpaired) electrons. The minimum atomic E-state index is -0.167. The Balaban J connectivity index is 2.03. The van der Waals surface area contributed by atoms with Gasteiger partial charge in [-0.3, -0.25) is 19.8 Å². The topological polar surface area (TPSA) is 49.4 Å². The van der Waals surface area contributed by atoms with Crippen LogP contribution < -0.4 is 5.32 Å². The summed E-state index contributed by atoms with van der Waals surface area (Å²) in [4.78, 5) is 24.2. The van der Waals surface area contributed by atoms with E-state index in [2.05, 4.69) is 10.2 Å². The van der Waals surface area contributed by atoms with Gasteiger partial charge in [-0.25, -0.2) is 0 Å². The molecule has 1 atom stereocenters. The van der Waals surface area contributed by atoms with Crippen LogP contribution in [-0.4, -0.2) is 35.8 Å². The van der Waals surface area contributed by atoms with Crippen molar-refractivity contribution in [2.45, 2.75) is 25.3 Å². The largest absolute Gasteiger partial charge is 0.295 e. The third kappa shape index (κ3) is 1.22. The Bertz CT molecular complexity index is 221. The molecule has 0 spiro atoms. The summed E-state index contributed by atoms with van der Waals surface area (Å²) < 4.78 is 0. The van der Waals surface area contributed by atoms with Gasteiger partial charge in [-0.1, -0.05) is 0 Å². The molecule has 0 saturated carbocycles. The van der Waals surface area contributed by atoms with Crippen LogP contribution in [0.2, 0.25) is 0 Å². The average Bonchev–Trinajstić information content (AvgIpc) is 2.58. The molecule has 0 unspecified atom stereocenters. The Morgan fingerprint density at radius 1 is 1.25 bits per heavy atom. The third-order valence-electron chi connectivity index (χ3n) is 2.53. The molecule has 2 aliphatic heterocycles. The number of carbonyl (C=O) groups is 2. The standard InChI is InChI=1S/C8H12N2O2/c11-7-5-6(8(12)9-7)10-3-1-2-4-10/h6H,1-5H2,(H,9,11,12)/t6-/m0/s1. The summed E-state index contributed by atoms with van der Waals surface area (Å²) in [5.41, 5.74) is 0. The fraction of sp³-hybridized carbons (Fsp3) is 0.750. The van der Waals surface area contributed by atoms with Crippen LogP contribution in [0.15, 0.2) is 0 Å². The minimum Gasteiger partial charge on any atom is -0.295 e. The molecular weight excluding hydrogens is 156 g/mol. The Kier molecular flexibility index (Phi) is 1.84. The van der Waals surface area contributed by atoms with Gasteiger partial charge in [0.05, 0.1) is 12.5 Å². The van der Waals surface area contributed by atoms with Gasteiger partial charge in [-0.15, -0.1) is 0 Å². The Labute approximate surface area is 70.9 Å². The first-order valence-corrected chi connectivity index (χ1v) is 4.35. The van der Waals surface area contributed by atoms with Crippen LogP contribution in [0, 0.1) is 0 Å². The van der Waals surface area contributed by atoms with Crippen molar-refractivity contribution in [3.05, 3.63) is 0 Å². The predicted octanol–water partition coefficient (Wildman–Crippen LogP) is -0.503. The fourth-order valence-corrected chi connectivity index (χ4v) is 1.89. The van der Waals surface area contributed by atoms with E-state index in [0.717, 1.165) is 25.9 Å². The average molecular weight is 168 g/mol. The zero-order valence-electron chi connectivity index (χ0n) is 6.88. The maximum atomic E-state index is 11.2. The summed E-state index contributed by atoms with van der Waals surface area (Å²) in [6.07, 6.45) is 2.66. The van der Waals surface area contributed by atoms with E-state index in [0.29, 0.717) is 6.42 Å². The zero-order valence-corrected chi connectivity index (χ0v) is 6.88. The van der Waals surface area contributed by atoms with Crippen LogP contribution in [0.4, 0.5) is 0 Å². The molecule has 12 heavy (non-hydrogen) atoms. The summed E-state index contributed by atoms with van der Waals surface area (Å²) >= 11 is 0. The highest BCUT2D eigenvalue weighted by Crippen LogP contribution is 2.17. The molecule has 0 aromatic heterocycles. The van der Waals surface area contributed by atoms with Crippen LogP contribution >= 0.6 is 0 Å². The van der Waals surface area contributed by atoms with Gasteiger partial charge in [0, 0.05) is 0 Å². The van der Waals surface area contributed by atoms with Crippen molar-refractivity contribution >= 4 is 11.8 Å². The predicted molar refractivity (Wildman–Crippen MR) is 42.4 cm³/mol. The monoisotopic (exact) mass is 168 g/mol. The van der Waals surface area contributed by atoms with E-state index in [1.807, 2.05) is 0 Å². The lowest BCUT2D eigenvalue weighted by molar-refractivity contribution is -0.126. The molecule has 2 amide bonds. The quantitative estimate of drug-likeness (QED) is 0.537. The van der Waals surface area contributed by atoms with Crippen molar-refractivity contribution in [3.8, 4) is 0 Å². The maximum Gasteiger partial charge on any atom is 0.244 e. The number of carbonyl (C=O) groups excluding carboxylic acids is 2. The van der Waals surface area contributed by atoms with E-state index in [4.69, 9.17) is 0 Å². The third-order valence-corrected chi connectivity index (χ3v) is 2.53. The van der Waals surface area contributed by atoms with Crippen molar-refractivity contribution in [3.63, 3.8) is 0 Å². The normalized spacial score (nSPS) is 31.2. The molecule has 4 nitrogen and oxygen atoms in total. The van der Waals surface area contributed by atoms with E-state index in [9.17, 15) is 9.59 Å². The number of rotatable bonds is 1. The van der Waals surface area contributed by atoms with Gasteiger partial charge in [-0.2, -0.15) is 0 Å². The van der Waals surface area contributed by atoms with E-state index in [1.165, 1.54) is 0 Å². The van der Waals surface area contributed by atoms with Gasteiger partial charge in [0.25, 0.3) is 0 Å². The molecular formula is C8H12N2O2. The first-order chi connectivity index (χ1) is 5.77. The Morgan fingerprint density at radius 2 is 1.92 bits per heavy atom. The van der Waals surface area contributed by atoms with E-state index >= 15 is 0 Å². The second kappa shape index (κ2) is 2.86. The Morgan fingerprint density at radius 3 is 2.42 bits per heavy atom. The van der Waals surface area contributed by atoms with Crippen LogP contribution in [0.5, 0.6) is 0 Å². The van der Waals surface area contributed by atoms with E-state index in [-0.39, 0.29) is 17.9 Å². The van der Waals surface area contributed by atoms with Crippen LogP contribution in [0.1, 0.15) is 19.3 Å². The van der Waals surface area contributed by atoms with Crippen LogP contribution in [0.3, 0.4) is 0 Å². The molecule has 66 valence electrons. The molecule has 2 heterocycles. The number of nitrogens with one attached hydrogen (secondary N) is 1. The minimum absolute atomic E-state index is 0.109. The molecule has 2 saturated heterocycles. The van der Waals surface area contributed by atoms with Gasteiger partial charge in [-0.05, 0) is 25.9 Å². The van der Waals surface area contributed by atoms with Crippen molar-refractivity contribution in [2.24, 2.45) is 0 Å². The first-order valence-electron chi connectivity index (χ1n) is 4.35. The maximum absolute atomic E-state index is 11.2. The summed E-state index contributed by atoms with van der Waals surface area (Å²) in [5.74, 6) is -0.237. The summed E-state index contributed by atoms with van der Waals surface area (Å²) in [6.45, 7) is 1.93. The van der Waals surface area contributed by atoms with Gasteiger partial charge in [0.1, 0.15) is 0 Å². The number of hydrogen-bond donors (Lipinski definition) is 1. The number of likely N-dealkylation sites (tertiary alicyclic amines) is 1. The molecule has 4 heteroatoms. The number of amides is 2. The molecule has 2 aliphatic rings. The number of hydrogen-bond acceptors (Lipinski definition) is 3. The smallest absolute Gasteiger partial charge is 0.244 e. The fourth-order valence-electron chi connectivity index (χ4n) is 1.89. The van der Waals surface area contributed by atoms with Crippen molar-refractivity contribution < 1.29 is 9.59 Å². The van der Waals surface area contributed by atoms with Gasteiger partial charge in [0.2, 0.25) is 11.8 Å². The van der Waals surface area contributed by atoms with Crippen molar-refractivity contribution in [1.82, 2.24) is 10.2 Å². The number of nitrogens with zero attached hydrogens (tertiary/aromatic N) is 1. The Hall–Kier alpha value is -0.900. The lowest BCUT2D eigenvalue weighted by Gasteiger charge is -2.19. The molecule has 1 N–H and O–H groups in total. The van der Waals surface area contributed by atoms with E-state index in [1.54, 1.807) is 0 Å². The van der Waals surface area contributed by atoms with Crippen LogP contribution in [-0.2, 0) is 9.59 Å². The zero-order chi connectivity index (χ0) is 8.55. The van der Waals surface area contributed by atoms with Gasteiger partial charge >= 0.3 is 0 Å². The molecule has 0 bridgehead atoms. The molecule has 0 aliphatic carbocycles. The van der Waals surface area contributed by atoms with Gasteiger partial charge < -0.3 is 0 Å². The van der Waals surface area contributed by atoms with Crippen molar-refractivity contribution in [2.75, 3.05) is 13.1 Å². The highest BCUT2D eigenvalue weighted by Gasteiger charge is 2.35. The lowest BCUT2D eigenvalue weighted by atomic mass is 10.2. The highest BCUT2D eigenvalue weighted by atomic mass is 16.2. The van der Waals surface area contributed by atoms with E-state index < -0.39 is 0 Å². The summed E-state index contributed by atoms with van der Waals surface area (Å²) in [6, 6.07) is -0.167. The second-order valence-corrected chi connectivity index (χ2v) is 3.38. The second-order valence-electron chi connectivity index (χ2n) is 3.38.